The second kappa shape index (κ2) is 3.39. The van der Waals surface area contributed by atoms with Gasteiger partial charge >= 0.3 is 0 Å². The molecule has 0 aromatic heterocycles. The van der Waals surface area contributed by atoms with Gasteiger partial charge in [-0.25, -0.2) is 0 Å². The van der Waals surface area contributed by atoms with Gasteiger partial charge in [0.25, 0.3) is 0 Å². The van der Waals surface area contributed by atoms with E-state index >= 15 is 0 Å². The van der Waals surface area contributed by atoms with Gasteiger partial charge in [0.1, 0.15) is 5.60 Å². The number of hydrogen-bond donors (Lipinski definition) is 0. The predicted octanol–water partition coefficient (Wildman–Crippen LogP) is 1.10. The Morgan fingerprint density at radius 1 is 1.80 bits per heavy atom. The van der Waals surface area contributed by atoms with Gasteiger partial charge in [-0.05, 0) is 19.1 Å². The Labute approximate surface area is 65.3 Å². The molecule has 1 atom stereocenters. The number of rotatable bonds is 3. The zero-order chi connectivity index (χ0) is 7.45. The SMILES string of the molecule is CCOC1(C=O)CCSC1. The number of hydrogen-bond acceptors (Lipinski definition) is 3. The van der Waals surface area contributed by atoms with E-state index in [-0.39, 0.29) is 0 Å². The first kappa shape index (κ1) is 8.08. The van der Waals surface area contributed by atoms with Gasteiger partial charge in [0.15, 0.2) is 6.29 Å². The van der Waals surface area contributed by atoms with Crippen molar-refractivity contribution in [2.24, 2.45) is 0 Å². The Bertz CT molecular complexity index is 119. The lowest BCUT2D eigenvalue weighted by molar-refractivity contribution is -0.127. The molecule has 0 aromatic carbocycles. The first-order chi connectivity index (χ1) is 4.83. The van der Waals surface area contributed by atoms with Crippen LogP contribution in [-0.4, -0.2) is 30.0 Å². The Hall–Kier alpha value is -0.0200. The lowest BCUT2D eigenvalue weighted by atomic mass is 10.1. The molecular weight excluding hydrogens is 148 g/mol. The molecule has 0 amide bonds. The van der Waals surface area contributed by atoms with E-state index in [1.807, 2.05) is 6.92 Å². The summed E-state index contributed by atoms with van der Waals surface area (Å²) in [5.74, 6) is 1.89. The molecule has 1 saturated heterocycles. The van der Waals surface area contributed by atoms with Crippen LogP contribution < -0.4 is 0 Å². The number of carbonyl (C=O) groups is 1. The van der Waals surface area contributed by atoms with Crippen molar-refractivity contribution in [3.05, 3.63) is 0 Å². The summed E-state index contributed by atoms with van der Waals surface area (Å²) in [4.78, 5) is 10.6. The van der Waals surface area contributed by atoms with Gasteiger partial charge in [-0.3, -0.25) is 0 Å². The fourth-order valence-electron chi connectivity index (χ4n) is 1.09. The minimum absolute atomic E-state index is 0.431. The van der Waals surface area contributed by atoms with Gasteiger partial charge in [-0.2, -0.15) is 11.8 Å². The van der Waals surface area contributed by atoms with Gasteiger partial charge in [0.05, 0.1) is 0 Å². The summed E-state index contributed by atoms with van der Waals surface area (Å²) < 4.78 is 5.35. The van der Waals surface area contributed by atoms with Crippen molar-refractivity contribution in [1.29, 1.82) is 0 Å². The molecule has 0 radical (unpaired) electrons. The number of carbonyl (C=O) groups excluding carboxylic acids is 1. The van der Waals surface area contributed by atoms with E-state index in [1.54, 1.807) is 11.8 Å². The van der Waals surface area contributed by atoms with Crippen molar-refractivity contribution in [3.8, 4) is 0 Å². The molecule has 1 unspecified atom stereocenters. The topological polar surface area (TPSA) is 26.3 Å². The summed E-state index contributed by atoms with van der Waals surface area (Å²) in [6, 6.07) is 0. The maximum absolute atomic E-state index is 10.6. The van der Waals surface area contributed by atoms with E-state index in [2.05, 4.69) is 0 Å². The molecule has 1 aliphatic rings. The van der Waals surface area contributed by atoms with Crippen molar-refractivity contribution >= 4 is 18.0 Å². The molecule has 3 heteroatoms. The molecule has 0 saturated carbocycles. The zero-order valence-corrected chi connectivity index (χ0v) is 6.95. The summed E-state index contributed by atoms with van der Waals surface area (Å²) in [5, 5.41) is 0. The molecule has 0 N–H and O–H groups in total. The lowest BCUT2D eigenvalue weighted by Gasteiger charge is -2.20. The third-order valence-corrected chi connectivity index (χ3v) is 2.85. The second-order valence-corrected chi connectivity index (χ2v) is 3.52. The van der Waals surface area contributed by atoms with Crippen LogP contribution in [0, 0.1) is 0 Å². The maximum Gasteiger partial charge on any atom is 0.152 e. The lowest BCUT2D eigenvalue weighted by Crippen LogP contribution is -2.34. The average Bonchev–Trinajstić information content (AvgIpc) is 2.39. The first-order valence-corrected chi connectivity index (χ1v) is 4.66. The fourth-order valence-corrected chi connectivity index (χ4v) is 2.37. The Morgan fingerprint density at radius 3 is 3.00 bits per heavy atom. The first-order valence-electron chi connectivity index (χ1n) is 3.51. The zero-order valence-electron chi connectivity index (χ0n) is 6.13. The maximum atomic E-state index is 10.6. The van der Waals surface area contributed by atoms with Crippen LogP contribution in [0.15, 0.2) is 0 Å². The third kappa shape index (κ3) is 1.52. The standard InChI is InChI=1S/C7H12O2S/c1-2-9-7(5-8)3-4-10-6-7/h5H,2-4,6H2,1H3. The second-order valence-electron chi connectivity index (χ2n) is 2.42. The molecule has 1 aliphatic heterocycles. The van der Waals surface area contributed by atoms with Crippen LogP contribution in [0.1, 0.15) is 13.3 Å². The van der Waals surface area contributed by atoms with Crippen LogP contribution in [0.3, 0.4) is 0 Å². The highest BCUT2D eigenvalue weighted by atomic mass is 32.2. The Kier molecular flexibility index (Phi) is 2.74. The summed E-state index contributed by atoms with van der Waals surface area (Å²) >= 11 is 1.79. The molecule has 0 aliphatic carbocycles. The number of aldehydes is 1. The molecule has 2 nitrogen and oxygen atoms in total. The third-order valence-electron chi connectivity index (χ3n) is 1.66. The molecule has 0 aromatic rings. The summed E-state index contributed by atoms with van der Waals surface area (Å²) in [6.07, 6.45) is 1.84. The van der Waals surface area contributed by atoms with Gasteiger partial charge in [0, 0.05) is 12.4 Å². The van der Waals surface area contributed by atoms with Gasteiger partial charge in [0.2, 0.25) is 0 Å². The Balaban J connectivity index is 2.49. The van der Waals surface area contributed by atoms with E-state index in [0.717, 1.165) is 24.2 Å². The van der Waals surface area contributed by atoms with Crippen LogP contribution in [0.2, 0.25) is 0 Å². The summed E-state index contributed by atoms with van der Waals surface area (Å²) in [7, 11) is 0. The van der Waals surface area contributed by atoms with Crippen LogP contribution in [-0.2, 0) is 9.53 Å². The monoisotopic (exact) mass is 160 g/mol. The molecule has 10 heavy (non-hydrogen) atoms. The number of thioether (sulfide) groups is 1. The van der Waals surface area contributed by atoms with Gasteiger partial charge in [-0.15, -0.1) is 0 Å². The van der Waals surface area contributed by atoms with Crippen LogP contribution in [0.4, 0.5) is 0 Å². The fraction of sp³-hybridized carbons (Fsp3) is 0.857. The van der Waals surface area contributed by atoms with E-state index in [1.165, 1.54) is 0 Å². The molecule has 1 rings (SSSR count). The smallest absolute Gasteiger partial charge is 0.152 e. The predicted molar refractivity (Wildman–Crippen MR) is 42.4 cm³/mol. The highest BCUT2D eigenvalue weighted by molar-refractivity contribution is 7.99. The van der Waals surface area contributed by atoms with E-state index in [4.69, 9.17) is 4.74 Å². The largest absolute Gasteiger partial charge is 0.367 e. The van der Waals surface area contributed by atoms with Crippen molar-refractivity contribution in [3.63, 3.8) is 0 Å². The van der Waals surface area contributed by atoms with Crippen LogP contribution >= 0.6 is 11.8 Å². The highest BCUT2D eigenvalue weighted by Crippen LogP contribution is 2.29. The van der Waals surface area contributed by atoms with E-state index in [0.29, 0.717) is 6.61 Å². The van der Waals surface area contributed by atoms with Crippen LogP contribution in [0.25, 0.3) is 0 Å². The minimum Gasteiger partial charge on any atom is -0.367 e. The normalized spacial score (nSPS) is 32.5. The van der Waals surface area contributed by atoms with Crippen LogP contribution in [0.5, 0.6) is 0 Å². The van der Waals surface area contributed by atoms with Crippen molar-refractivity contribution < 1.29 is 9.53 Å². The molecule has 58 valence electrons. The van der Waals surface area contributed by atoms with Crippen molar-refractivity contribution in [2.45, 2.75) is 18.9 Å². The molecule has 1 fully saturated rings. The molecular formula is C7H12O2S. The molecule has 1 heterocycles. The minimum atomic E-state index is -0.431. The Morgan fingerprint density at radius 2 is 2.60 bits per heavy atom. The summed E-state index contributed by atoms with van der Waals surface area (Å²) in [5.41, 5.74) is -0.431. The van der Waals surface area contributed by atoms with E-state index in [9.17, 15) is 4.79 Å². The van der Waals surface area contributed by atoms with Gasteiger partial charge in [-0.1, -0.05) is 0 Å². The molecule has 0 spiro atoms. The summed E-state index contributed by atoms with van der Waals surface area (Å²) in [6.45, 7) is 2.56. The number of ether oxygens (including phenoxy) is 1. The van der Waals surface area contributed by atoms with E-state index < -0.39 is 5.60 Å². The quantitative estimate of drug-likeness (QED) is 0.578. The molecule has 0 bridgehead atoms. The average molecular weight is 160 g/mol. The van der Waals surface area contributed by atoms with Gasteiger partial charge < -0.3 is 9.53 Å². The van der Waals surface area contributed by atoms with Crippen molar-refractivity contribution in [1.82, 2.24) is 0 Å². The highest BCUT2D eigenvalue weighted by Gasteiger charge is 2.34. The van der Waals surface area contributed by atoms with Crippen molar-refractivity contribution in [2.75, 3.05) is 18.1 Å².